The Morgan fingerprint density at radius 2 is 1.70 bits per heavy atom. The summed E-state index contributed by atoms with van der Waals surface area (Å²) in [6.07, 6.45) is 3.18. The van der Waals surface area contributed by atoms with Gasteiger partial charge in [0, 0.05) is 17.3 Å². The van der Waals surface area contributed by atoms with Crippen molar-refractivity contribution in [3.05, 3.63) is 35.4 Å². The van der Waals surface area contributed by atoms with Crippen LogP contribution in [0.15, 0.2) is 24.3 Å². The van der Waals surface area contributed by atoms with Gasteiger partial charge in [0.1, 0.15) is 0 Å². The summed E-state index contributed by atoms with van der Waals surface area (Å²) in [4.78, 5) is 0. The van der Waals surface area contributed by atoms with Gasteiger partial charge in [0.25, 0.3) is 0 Å². The molecule has 0 saturated carbocycles. The molecule has 1 rings (SSSR count). The number of aliphatic hydroxyl groups is 1. The third kappa shape index (κ3) is 5.47. The van der Waals surface area contributed by atoms with Crippen LogP contribution in [0, 0.1) is 5.92 Å². The lowest BCUT2D eigenvalue weighted by molar-refractivity contribution is 0.272. The fourth-order valence-corrected chi connectivity index (χ4v) is 3.08. The first-order valence-electron chi connectivity index (χ1n) is 7.46. The zero-order chi connectivity index (χ0) is 15.1. The van der Waals surface area contributed by atoms with Crippen molar-refractivity contribution in [2.75, 3.05) is 12.9 Å². The molecule has 0 fully saturated rings. The second-order valence-electron chi connectivity index (χ2n) is 5.97. The molecule has 114 valence electrons. The Bertz CT molecular complexity index is 373. The quantitative estimate of drug-likeness (QED) is 0.768. The van der Waals surface area contributed by atoms with E-state index in [1.807, 2.05) is 6.26 Å². The van der Waals surface area contributed by atoms with Gasteiger partial charge in [-0.3, -0.25) is 0 Å². The van der Waals surface area contributed by atoms with E-state index in [0.717, 1.165) is 6.42 Å². The highest BCUT2D eigenvalue weighted by molar-refractivity contribution is 7.99. The van der Waals surface area contributed by atoms with E-state index in [2.05, 4.69) is 57.3 Å². The Morgan fingerprint density at radius 1 is 1.10 bits per heavy atom. The first-order valence-corrected chi connectivity index (χ1v) is 8.75. The van der Waals surface area contributed by atoms with E-state index in [0.29, 0.717) is 18.0 Å². The highest BCUT2D eigenvalue weighted by Gasteiger charge is 2.17. The maximum Gasteiger partial charge on any atom is 0.0564 e. The van der Waals surface area contributed by atoms with Gasteiger partial charge < -0.3 is 10.4 Å². The number of nitrogens with one attached hydrogen (secondary N) is 1. The summed E-state index contributed by atoms with van der Waals surface area (Å²) in [5.74, 6) is 0.698. The lowest BCUT2D eigenvalue weighted by Crippen LogP contribution is -2.38. The average Bonchev–Trinajstić information content (AvgIpc) is 2.40. The maximum absolute atomic E-state index is 9.34. The molecule has 0 radical (unpaired) electrons. The van der Waals surface area contributed by atoms with E-state index < -0.39 is 0 Å². The Balaban J connectivity index is 2.61. The minimum absolute atomic E-state index is 0.218. The predicted molar refractivity (Wildman–Crippen MR) is 90.4 cm³/mol. The van der Waals surface area contributed by atoms with Gasteiger partial charge in [-0.25, -0.2) is 0 Å². The SMILES string of the molecule is CSC(CO)C(C)NC(C)c1ccc(CC(C)C)cc1. The fraction of sp³-hybridized carbons (Fsp3) is 0.647. The highest BCUT2D eigenvalue weighted by atomic mass is 32.2. The number of rotatable bonds is 8. The smallest absolute Gasteiger partial charge is 0.0564 e. The van der Waals surface area contributed by atoms with Crippen LogP contribution in [0.25, 0.3) is 0 Å². The summed E-state index contributed by atoms with van der Waals surface area (Å²) >= 11 is 1.71. The molecule has 0 heterocycles. The van der Waals surface area contributed by atoms with Gasteiger partial charge >= 0.3 is 0 Å². The van der Waals surface area contributed by atoms with Gasteiger partial charge in [-0.1, -0.05) is 38.1 Å². The first kappa shape index (κ1) is 17.5. The average molecular weight is 295 g/mol. The van der Waals surface area contributed by atoms with Crippen LogP contribution in [0.5, 0.6) is 0 Å². The largest absolute Gasteiger partial charge is 0.395 e. The summed E-state index contributed by atoms with van der Waals surface area (Å²) in [7, 11) is 0. The summed E-state index contributed by atoms with van der Waals surface area (Å²) in [6.45, 7) is 9.04. The maximum atomic E-state index is 9.34. The molecule has 0 aliphatic rings. The molecule has 20 heavy (non-hydrogen) atoms. The van der Waals surface area contributed by atoms with Gasteiger partial charge in [0.2, 0.25) is 0 Å². The molecule has 3 unspecified atom stereocenters. The molecular formula is C17H29NOS. The van der Waals surface area contributed by atoms with Crippen LogP contribution >= 0.6 is 11.8 Å². The Kier molecular flexibility index (Phi) is 7.63. The number of hydrogen-bond acceptors (Lipinski definition) is 3. The van der Waals surface area contributed by atoms with Crippen molar-refractivity contribution >= 4 is 11.8 Å². The van der Waals surface area contributed by atoms with Gasteiger partial charge in [-0.2, -0.15) is 11.8 Å². The fourth-order valence-electron chi connectivity index (χ4n) is 2.45. The molecule has 0 aliphatic heterocycles. The van der Waals surface area contributed by atoms with E-state index >= 15 is 0 Å². The van der Waals surface area contributed by atoms with E-state index in [-0.39, 0.29) is 11.9 Å². The van der Waals surface area contributed by atoms with Crippen molar-refractivity contribution in [2.45, 2.75) is 51.4 Å². The highest BCUT2D eigenvalue weighted by Crippen LogP contribution is 2.18. The summed E-state index contributed by atoms with van der Waals surface area (Å²) in [5, 5.41) is 13.2. The molecule has 3 heteroatoms. The lowest BCUT2D eigenvalue weighted by Gasteiger charge is -2.25. The van der Waals surface area contributed by atoms with Crippen molar-refractivity contribution < 1.29 is 5.11 Å². The number of hydrogen-bond donors (Lipinski definition) is 2. The first-order chi connectivity index (χ1) is 9.47. The van der Waals surface area contributed by atoms with Gasteiger partial charge in [-0.15, -0.1) is 0 Å². The second-order valence-corrected chi connectivity index (χ2v) is 7.05. The molecule has 0 aromatic heterocycles. The van der Waals surface area contributed by atoms with Gasteiger partial charge in [0.15, 0.2) is 0 Å². The van der Waals surface area contributed by atoms with E-state index in [4.69, 9.17) is 0 Å². The lowest BCUT2D eigenvalue weighted by atomic mass is 9.99. The van der Waals surface area contributed by atoms with Crippen LogP contribution in [0.2, 0.25) is 0 Å². The van der Waals surface area contributed by atoms with Crippen molar-refractivity contribution in [3.63, 3.8) is 0 Å². The molecule has 0 amide bonds. The topological polar surface area (TPSA) is 32.3 Å². The van der Waals surface area contributed by atoms with Crippen molar-refractivity contribution in [1.29, 1.82) is 0 Å². The molecule has 0 spiro atoms. The molecule has 2 nitrogen and oxygen atoms in total. The molecule has 0 saturated heterocycles. The van der Waals surface area contributed by atoms with Crippen molar-refractivity contribution in [2.24, 2.45) is 5.92 Å². The van der Waals surface area contributed by atoms with E-state index in [9.17, 15) is 5.11 Å². The molecule has 2 N–H and O–H groups in total. The van der Waals surface area contributed by atoms with E-state index in [1.165, 1.54) is 11.1 Å². The molecule has 3 atom stereocenters. The summed E-state index contributed by atoms with van der Waals surface area (Å²) in [5.41, 5.74) is 2.71. The van der Waals surface area contributed by atoms with Crippen LogP contribution in [0.3, 0.4) is 0 Å². The molecule has 1 aromatic carbocycles. The number of thioether (sulfide) groups is 1. The monoisotopic (exact) mass is 295 g/mol. The zero-order valence-corrected chi connectivity index (χ0v) is 14.2. The minimum atomic E-state index is 0.218. The molecule has 0 aliphatic carbocycles. The normalized spacial score (nSPS) is 16.1. The van der Waals surface area contributed by atoms with Crippen LogP contribution in [-0.4, -0.2) is 29.3 Å². The third-order valence-corrected chi connectivity index (χ3v) is 4.84. The zero-order valence-electron chi connectivity index (χ0n) is 13.4. The Hall–Kier alpha value is -0.510. The summed E-state index contributed by atoms with van der Waals surface area (Å²) < 4.78 is 0. The van der Waals surface area contributed by atoms with Crippen LogP contribution < -0.4 is 5.32 Å². The minimum Gasteiger partial charge on any atom is -0.395 e. The van der Waals surface area contributed by atoms with Crippen LogP contribution in [0.4, 0.5) is 0 Å². The molecular weight excluding hydrogens is 266 g/mol. The number of benzene rings is 1. The summed E-state index contributed by atoms with van der Waals surface area (Å²) in [6, 6.07) is 9.50. The van der Waals surface area contributed by atoms with Crippen molar-refractivity contribution in [3.8, 4) is 0 Å². The van der Waals surface area contributed by atoms with E-state index in [1.54, 1.807) is 11.8 Å². The predicted octanol–water partition coefficient (Wildman–Crippen LogP) is 3.65. The molecule has 0 bridgehead atoms. The number of aliphatic hydroxyl groups excluding tert-OH is 1. The van der Waals surface area contributed by atoms with Crippen LogP contribution in [0.1, 0.15) is 44.9 Å². The second kappa shape index (κ2) is 8.71. The van der Waals surface area contributed by atoms with Gasteiger partial charge in [0.05, 0.1) is 6.61 Å². The van der Waals surface area contributed by atoms with Crippen LogP contribution in [-0.2, 0) is 6.42 Å². The van der Waals surface area contributed by atoms with Gasteiger partial charge in [-0.05, 0) is 43.6 Å². The Labute approximate surface area is 128 Å². The molecule has 1 aromatic rings. The standard InChI is InChI=1S/C17H29NOS/c1-12(2)10-15-6-8-16(9-7-15)13(3)18-14(4)17(11-19)20-5/h6-9,12-14,17-19H,10-11H2,1-5H3. The Morgan fingerprint density at radius 3 is 2.15 bits per heavy atom. The third-order valence-electron chi connectivity index (χ3n) is 3.68. The van der Waals surface area contributed by atoms with Crippen molar-refractivity contribution in [1.82, 2.24) is 5.32 Å².